The van der Waals surface area contributed by atoms with Crippen molar-refractivity contribution in [3.63, 3.8) is 0 Å². The van der Waals surface area contributed by atoms with E-state index in [-0.39, 0.29) is 11.3 Å². The molecule has 0 spiro atoms. The van der Waals surface area contributed by atoms with Crippen LogP contribution in [0, 0.1) is 0 Å². The van der Waals surface area contributed by atoms with Gasteiger partial charge in [-0.15, -0.1) is 0 Å². The van der Waals surface area contributed by atoms with E-state index in [0.29, 0.717) is 5.56 Å². The highest BCUT2D eigenvalue weighted by Gasteiger charge is 2.32. The number of benzene rings is 2. The summed E-state index contributed by atoms with van der Waals surface area (Å²) in [6, 6.07) is 10.7. The van der Waals surface area contributed by atoms with Crippen LogP contribution in [0.15, 0.2) is 41.4 Å². The van der Waals surface area contributed by atoms with Crippen molar-refractivity contribution in [1.29, 1.82) is 0 Å². The van der Waals surface area contributed by atoms with E-state index in [9.17, 15) is 14.7 Å². The van der Waals surface area contributed by atoms with E-state index < -0.39 is 16.6 Å². The van der Waals surface area contributed by atoms with Crippen LogP contribution in [-0.2, 0) is 4.79 Å². The highest BCUT2D eigenvalue weighted by atomic mass is 35.5. The van der Waals surface area contributed by atoms with Gasteiger partial charge in [-0.2, -0.15) is 0 Å². The highest BCUT2D eigenvalue weighted by Crippen LogP contribution is 2.32. The van der Waals surface area contributed by atoms with Crippen LogP contribution in [0.4, 0.5) is 0 Å². The summed E-state index contributed by atoms with van der Waals surface area (Å²) in [4.78, 5) is 23.4. The van der Waals surface area contributed by atoms with E-state index in [1.54, 1.807) is 12.1 Å². The molecule has 1 N–H and O–H groups in total. The van der Waals surface area contributed by atoms with E-state index in [1.807, 2.05) is 24.3 Å². The van der Waals surface area contributed by atoms with Gasteiger partial charge in [0.25, 0.3) is 0 Å². The Balaban J connectivity index is 2.42. The molecule has 3 rings (SSSR count). The van der Waals surface area contributed by atoms with Gasteiger partial charge in [-0.25, -0.2) is 0 Å². The fourth-order valence-corrected chi connectivity index (χ4v) is 2.26. The molecule has 0 heterocycles. The smallest absolute Gasteiger partial charge is 0.248 e. The topological polar surface area (TPSA) is 54.4 Å². The monoisotopic (exact) mass is 258 g/mol. The third kappa shape index (κ3) is 1.38. The number of fused-ring (bicyclic) bond motifs is 2. The molecule has 1 aliphatic carbocycles. The van der Waals surface area contributed by atoms with Crippen molar-refractivity contribution < 1.29 is 14.7 Å². The first kappa shape index (κ1) is 11.0. The third-order valence-electron chi connectivity index (χ3n) is 3.00. The van der Waals surface area contributed by atoms with Crippen molar-refractivity contribution >= 4 is 39.7 Å². The molecule has 0 radical (unpaired) electrons. The Bertz CT molecular complexity index is 744. The molecule has 88 valence electrons. The van der Waals surface area contributed by atoms with Crippen molar-refractivity contribution in [2.24, 2.45) is 0 Å². The van der Waals surface area contributed by atoms with Crippen LogP contribution in [0.1, 0.15) is 15.9 Å². The van der Waals surface area contributed by atoms with Gasteiger partial charge in [0.1, 0.15) is 10.8 Å². The minimum Gasteiger partial charge on any atom is -0.506 e. The SMILES string of the molecule is O=C1C(=O)c2cc3ccccc3cc2C(O)=C1Cl. The highest BCUT2D eigenvalue weighted by molar-refractivity contribution is 6.64. The number of Topliss-reactive ketones (excluding diaryl/α,β-unsaturated/α-hetero) is 2. The van der Waals surface area contributed by atoms with Crippen LogP contribution < -0.4 is 0 Å². The normalized spacial score (nSPS) is 15.2. The van der Waals surface area contributed by atoms with Gasteiger partial charge >= 0.3 is 0 Å². The molecule has 0 amide bonds. The summed E-state index contributed by atoms with van der Waals surface area (Å²) in [5.74, 6) is -1.88. The first-order chi connectivity index (χ1) is 8.59. The number of allylic oxidation sites excluding steroid dienone is 1. The van der Waals surface area contributed by atoms with Crippen molar-refractivity contribution in [3.8, 4) is 0 Å². The van der Waals surface area contributed by atoms with Gasteiger partial charge in [-0.3, -0.25) is 9.59 Å². The van der Waals surface area contributed by atoms with Gasteiger partial charge in [-0.05, 0) is 22.9 Å². The Labute approximate surface area is 107 Å². The average molecular weight is 259 g/mol. The van der Waals surface area contributed by atoms with Crippen molar-refractivity contribution in [2.75, 3.05) is 0 Å². The van der Waals surface area contributed by atoms with Gasteiger partial charge in [0.2, 0.25) is 11.6 Å². The van der Waals surface area contributed by atoms with Crippen LogP contribution in [0.25, 0.3) is 16.5 Å². The number of hydrogen-bond acceptors (Lipinski definition) is 3. The minimum atomic E-state index is -0.864. The van der Waals surface area contributed by atoms with Crippen LogP contribution in [0.2, 0.25) is 0 Å². The van der Waals surface area contributed by atoms with Crippen LogP contribution in [-0.4, -0.2) is 16.7 Å². The molecule has 0 atom stereocenters. The summed E-state index contributed by atoms with van der Waals surface area (Å²) in [6.07, 6.45) is 0. The van der Waals surface area contributed by atoms with Gasteiger partial charge in [0.05, 0.1) is 0 Å². The summed E-state index contributed by atoms with van der Waals surface area (Å²) in [5.41, 5.74) is 0.504. The predicted molar refractivity (Wildman–Crippen MR) is 68.7 cm³/mol. The molecule has 18 heavy (non-hydrogen) atoms. The predicted octanol–water partition coefficient (Wildman–Crippen LogP) is 3.07. The molecular weight excluding hydrogens is 252 g/mol. The molecule has 4 heteroatoms. The molecule has 0 bridgehead atoms. The Morgan fingerprint density at radius 3 is 2.06 bits per heavy atom. The van der Waals surface area contributed by atoms with Gasteiger partial charge in [0.15, 0.2) is 0 Å². The zero-order valence-electron chi connectivity index (χ0n) is 9.11. The van der Waals surface area contributed by atoms with Gasteiger partial charge < -0.3 is 5.11 Å². The number of aliphatic hydroxyl groups excluding tert-OH is 1. The Kier molecular flexibility index (Phi) is 2.25. The quantitative estimate of drug-likeness (QED) is 0.739. The number of halogens is 1. The Morgan fingerprint density at radius 1 is 0.889 bits per heavy atom. The van der Waals surface area contributed by atoms with E-state index in [0.717, 1.165) is 10.8 Å². The molecule has 0 aliphatic heterocycles. The third-order valence-corrected chi connectivity index (χ3v) is 3.35. The number of carbonyl (C=O) groups is 2. The number of hydrogen-bond donors (Lipinski definition) is 1. The van der Waals surface area contributed by atoms with Gasteiger partial charge in [-0.1, -0.05) is 35.9 Å². The maximum absolute atomic E-state index is 11.8. The summed E-state index contributed by atoms with van der Waals surface area (Å²) in [6.45, 7) is 0. The molecule has 0 saturated heterocycles. The lowest BCUT2D eigenvalue weighted by Crippen LogP contribution is -2.21. The molecule has 0 saturated carbocycles. The van der Waals surface area contributed by atoms with E-state index >= 15 is 0 Å². The molecular formula is C14H7ClO3. The summed E-state index contributed by atoms with van der Waals surface area (Å²) in [7, 11) is 0. The minimum absolute atomic E-state index is 0.195. The maximum Gasteiger partial charge on any atom is 0.248 e. The second kappa shape index (κ2) is 3.68. The molecule has 1 aliphatic rings. The molecule has 0 unspecified atom stereocenters. The number of ketones is 2. The summed E-state index contributed by atoms with van der Waals surface area (Å²) in [5, 5.41) is 11.1. The fourth-order valence-electron chi connectivity index (χ4n) is 2.07. The summed E-state index contributed by atoms with van der Waals surface area (Å²) >= 11 is 5.65. The van der Waals surface area contributed by atoms with E-state index in [2.05, 4.69) is 0 Å². The fraction of sp³-hybridized carbons (Fsp3) is 0. The molecule has 2 aromatic rings. The number of carbonyl (C=O) groups excluding carboxylic acids is 2. The molecule has 0 fully saturated rings. The molecule has 3 nitrogen and oxygen atoms in total. The lowest BCUT2D eigenvalue weighted by molar-refractivity contribution is -0.111. The second-order valence-corrected chi connectivity index (χ2v) is 4.44. The van der Waals surface area contributed by atoms with Crippen molar-refractivity contribution in [1.82, 2.24) is 0 Å². The first-order valence-electron chi connectivity index (χ1n) is 5.30. The maximum atomic E-state index is 11.8. The molecule has 2 aromatic carbocycles. The zero-order valence-corrected chi connectivity index (χ0v) is 9.86. The van der Waals surface area contributed by atoms with Crippen molar-refractivity contribution in [2.45, 2.75) is 0 Å². The van der Waals surface area contributed by atoms with Crippen LogP contribution in [0.3, 0.4) is 0 Å². The molecule has 0 aromatic heterocycles. The summed E-state index contributed by atoms with van der Waals surface area (Å²) < 4.78 is 0. The number of aliphatic hydroxyl groups is 1. The van der Waals surface area contributed by atoms with E-state index in [4.69, 9.17) is 11.6 Å². The Hall–Kier alpha value is -2.13. The van der Waals surface area contributed by atoms with Crippen LogP contribution in [0.5, 0.6) is 0 Å². The Morgan fingerprint density at radius 2 is 1.44 bits per heavy atom. The average Bonchev–Trinajstić information content (AvgIpc) is 2.41. The second-order valence-electron chi connectivity index (χ2n) is 4.07. The van der Waals surface area contributed by atoms with Gasteiger partial charge in [0, 0.05) is 11.1 Å². The largest absolute Gasteiger partial charge is 0.506 e. The standard InChI is InChI=1S/C14H7ClO3/c15-11-12(16)9-5-7-3-1-2-4-8(7)6-10(9)13(17)14(11)18/h1-6,16H. The zero-order chi connectivity index (χ0) is 12.9. The lowest BCUT2D eigenvalue weighted by Gasteiger charge is -2.15. The first-order valence-corrected chi connectivity index (χ1v) is 5.68. The lowest BCUT2D eigenvalue weighted by atomic mass is 9.91. The van der Waals surface area contributed by atoms with Crippen molar-refractivity contribution in [3.05, 3.63) is 52.6 Å². The van der Waals surface area contributed by atoms with Crippen LogP contribution >= 0.6 is 11.6 Å². The number of rotatable bonds is 0. The van der Waals surface area contributed by atoms with E-state index in [1.165, 1.54) is 0 Å².